The third-order valence-corrected chi connectivity index (χ3v) is 8.36. The minimum Gasteiger partial charge on any atom is -0.496 e. The lowest BCUT2D eigenvalue weighted by Crippen LogP contribution is -2.34. The van der Waals surface area contributed by atoms with Gasteiger partial charge in [0.1, 0.15) is 5.75 Å². The lowest BCUT2D eigenvalue weighted by atomic mass is 10.1. The average molecular weight is 592 g/mol. The van der Waals surface area contributed by atoms with Gasteiger partial charge in [-0.1, -0.05) is 35.9 Å². The highest BCUT2D eigenvalue weighted by Gasteiger charge is 2.38. The van der Waals surface area contributed by atoms with Crippen LogP contribution in [-0.2, 0) is 14.8 Å². The lowest BCUT2D eigenvalue weighted by molar-refractivity contribution is -0.192. The van der Waals surface area contributed by atoms with Crippen LogP contribution in [0.2, 0.25) is 0 Å². The summed E-state index contributed by atoms with van der Waals surface area (Å²) in [6.07, 6.45) is -2.74. The molecule has 2 N–H and O–H groups in total. The van der Waals surface area contributed by atoms with Crippen LogP contribution in [0.4, 0.5) is 13.2 Å². The van der Waals surface area contributed by atoms with E-state index in [1.807, 2.05) is 31.2 Å². The number of aliphatic carboxylic acids is 1. The monoisotopic (exact) mass is 591 g/mol. The minimum atomic E-state index is -5.08. The third kappa shape index (κ3) is 6.15. The summed E-state index contributed by atoms with van der Waals surface area (Å²) < 4.78 is 66.4. The van der Waals surface area contributed by atoms with Crippen LogP contribution in [0.3, 0.4) is 0 Å². The topological polar surface area (TPSA) is 118 Å². The Balaban J connectivity index is 0.000000493. The van der Waals surface area contributed by atoms with E-state index >= 15 is 0 Å². The maximum atomic E-state index is 14.0. The van der Waals surface area contributed by atoms with Gasteiger partial charge in [0.25, 0.3) is 15.9 Å². The molecular weight excluding hydrogens is 563 g/mol. The molecule has 41 heavy (non-hydrogen) atoms. The molecule has 0 unspecified atom stereocenters. The van der Waals surface area contributed by atoms with E-state index in [9.17, 15) is 26.4 Å². The molecule has 0 aliphatic carbocycles. The zero-order valence-electron chi connectivity index (χ0n) is 22.2. The molecule has 2 heterocycles. The molecule has 3 aromatic carbocycles. The summed E-state index contributed by atoms with van der Waals surface area (Å²) in [6, 6.07) is 16.0. The molecule has 0 saturated carbocycles. The first-order valence-corrected chi connectivity index (χ1v) is 14.0. The van der Waals surface area contributed by atoms with Crippen LogP contribution in [0.5, 0.6) is 5.75 Å². The molecule has 13 heteroatoms. The standard InChI is InChI=1S/C26H27N3O4S.C2HF3O2/c1-18-8-9-23-21(16-18)22(26(30)28-14-5-12-27-13-15-28)17-29(23)34(31,32)25-11-10-24(33-2)19-6-3-4-7-20(19)25;3-2(4,5)1(6)7/h3-4,6-11,16-17,27H,5,12-15H2,1-2H3;(H,6,7). The number of hydrogen-bond donors (Lipinski definition) is 2. The number of ether oxygens (including phenoxy) is 1. The number of hydrogen-bond acceptors (Lipinski definition) is 6. The maximum absolute atomic E-state index is 14.0. The van der Waals surface area contributed by atoms with Gasteiger partial charge in [-0.15, -0.1) is 0 Å². The molecule has 5 rings (SSSR count). The highest BCUT2D eigenvalue weighted by atomic mass is 32.2. The van der Waals surface area contributed by atoms with Crippen molar-refractivity contribution in [3.05, 3.63) is 71.9 Å². The molecule has 218 valence electrons. The van der Waals surface area contributed by atoms with Crippen LogP contribution >= 0.6 is 0 Å². The molecular formula is C28H28F3N3O6S. The van der Waals surface area contributed by atoms with Crippen LogP contribution in [0, 0.1) is 6.92 Å². The quantitative estimate of drug-likeness (QED) is 0.361. The zero-order chi connectivity index (χ0) is 29.9. The molecule has 1 aliphatic rings. The number of alkyl halides is 3. The molecule has 1 saturated heterocycles. The number of carboxylic acids is 1. The molecule has 1 aromatic heterocycles. The second-order valence-electron chi connectivity index (χ2n) is 9.37. The van der Waals surface area contributed by atoms with E-state index in [0.29, 0.717) is 46.1 Å². The number of carbonyl (C=O) groups excluding carboxylic acids is 1. The van der Waals surface area contributed by atoms with Gasteiger partial charge in [-0.25, -0.2) is 17.2 Å². The number of carboxylic acid groups (broad SMARTS) is 1. The van der Waals surface area contributed by atoms with Crippen molar-refractivity contribution in [1.82, 2.24) is 14.2 Å². The van der Waals surface area contributed by atoms with Crippen LogP contribution in [-0.4, -0.2) is 73.7 Å². The van der Waals surface area contributed by atoms with Crippen molar-refractivity contribution in [2.24, 2.45) is 0 Å². The minimum absolute atomic E-state index is 0.146. The number of nitrogens with zero attached hydrogens (tertiary/aromatic N) is 2. The molecule has 0 bridgehead atoms. The van der Waals surface area contributed by atoms with Crippen LogP contribution in [0.25, 0.3) is 21.7 Å². The van der Waals surface area contributed by atoms with E-state index in [-0.39, 0.29) is 10.8 Å². The Morgan fingerprint density at radius 3 is 2.32 bits per heavy atom. The predicted molar refractivity (Wildman–Crippen MR) is 147 cm³/mol. The van der Waals surface area contributed by atoms with Crippen molar-refractivity contribution in [2.75, 3.05) is 33.3 Å². The summed E-state index contributed by atoms with van der Waals surface area (Å²) in [4.78, 5) is 24.4. The van der Waals surface area contributed by atoms with Gasteiger partial charge in [-0.3, -0.25) is 4.79 Å². The van der Waals surface area contributed by atoms with Gasteiger partial charge >= 0.3 is 12.1 Å². The van der Waals surface area contributed by atoms with Crippen molar-refractivity contribution >= 4 is 43.6 Å². The predicted octanol–water partition coefficient (Wildman–Crippen LogP) is 4.42. The Hall–Kier alpha value is -4.10. The summed E-state index contributed by atoms with van der Waals surface area (Å²) in [5.74, 6) is -2.30. The van der Waals surface area contributed by atoms with Gasteiger partial charge in [0.05, 0.1) is 23.1 Å². The summed E-state index contributed by atoms with van der Waals surface area (Å²) in [5.41, 5.74) is 1.85. The second kappa shape index (κ2) is 11.8. The first-order valence-electron chi connectivity index (χ1n) is 12.6. The summed E-state index contributed by atoms with van der Waals surface area (Å²) in [7, 11) is -2.44. The fourth-order valence-corrected chi connectivity index (χ4v) is 6.23. The smallest absolute Gasteiger partial charge is 0.490 e. The number of nitrogens with one attached hydrogen (secondary N) is 1. The molecule has 1 amide bonds. The van der Waals surface area contributed by atoms with Crippen LogP contribution in [0.15, 0.2) is 65.7 Å². The van der Waals surface area contributed by atoms with E-state index in [1.54, 1.807) is 42.3 Å². The fourth-order valence-electron chi connectivity index (χ4n) is 4.66. The highest BCUT2D eigenvalue weighted by molar-refractivity contribution is 7.90. The van der Waals surface area contributed by atoms with Crippen molar-refractivity contribution in [1.29, 1.82) is 0 Å². The highest BCUT2D eigenvalue weighted by Crippen LogP contribution is 2.34. The van der Waals surface area contributed by atoms with E-state index in [4.69, 9.17) is 14.6 Å². The van der Waals surface area contributed by atoms with E-state index < -0.39 is 22.2 Å². The SMILES string of the molecule is COc1ccc(S(=O)(=O)n2cc(C(=O)N3CCCNCC3)c3cc(C)ccc32)c2ccccc12.O=C(O)C(F)(F)F. The first-order chi connectivity index (χ1) is 19.4. The van der Waals surface area contributed by atoms with Crippen molar-refractivity contribution in [3.63, 3.8) is 0 Å². The largest absolute Gasteiger partial charge is 0.496 e. The van der Waals surface area contributed by atoms with Crippen molar-refractivity contribution < 1.29 is 41.0 Å². The molecule has 1 fully saturated rings. The van der Waals surface area contributed by atoms with Crippen LogP contribution < -0.4 is 10.1 Å². The number of methoxy groups -OCH3 is 1. The van der Waals surface area contributed by atoms with Gasteiger partial charge in [-0.2, -0.15) is 13.2 Å². The Bertz CT molecular complexity index is 1710. The van der Waals surface area contributed by atoms with Gasteiger partial charge in [-0.05, 0) is 44.2 Å². The molecule has 0 atom stereocenters. The summed E-state index contributed by atoms with van der Waals surface area (Å²) in [6.45, 7) is 4.75. The Kier molecular flexibility index (Phi) is 8.59. The van der Waals surface area contributed by atoms with Gasteiger partial charge in [0.15, 0.2) is 0 Å². The number of aromatic nitrogens is 1. The summed E-state index contributed by atoms with van der Waals surface area (Å²) >= 11 is 0. The number of halogens is 3. The number of carbonyl (C=O) groups is 2. The van der Waals surface area contributed by atoms with E-state index in [0.717, 1.165) is 25.1 Å². The van der Waals surface area contributed by atoms with Crippen molar-refractivity contribution in [3.8, 4) is 5.75 Å². The first kappa shape index (κ1) is 29.9. The lowest BCUT2D eigenvalue weighted by Gasteiger charge is -2.19. The Morgan fingerprint density at radius 1 is 0.976 bits per heavy atom. The number of benzene rings is 3. The number of aryl methyl sites for hydroxylation is 1. The Labute approximate surface area is 234 Å². The Morgan fingerprint density at radius 2 is 1.66 bits per heavy atom. The number of fused-ring (bicyclic) bond motifs is 2. The van der Waals surface area contributed by atoms with Crippen LogP contribution in [0.1, 0.15) is 22.3 Å². The molecule has 0 radical (unpaired) electrons. The zero-order valence-corrected chi connectivity index (χ0v) is 23.1. The van der Waals surface area contributed by atoms with E-state index in [2.05, 4.69) is 5.32 Å². The molecule has 4 aromatic rings. The maximum Gasteiger partial charge on any atom is 0.490 e. The van der Waals surface area contributed by atoms with Crippen molar-refractivity contribution in [2.45, 2.75) is 24.4 Å². The summed E-state index contributed by atoms with van der Waals surface area (Å²) in [5, 5.41) is 12.4. The average Bonchev–Trinajstić information content (AvgIpc) is 3.10. The molecule has 0 spiro atoms. The molecule has 1 aliphatic heterocycles. The third-order valence-electron chi connectivity index (χ3n) is 6.63. The van der Waals surface area contributed by atoms with E-state index in [1.165, 1.54) is 10.2 Å². The molecule has 9 nitrogen and oxygen atoms in total. The number of amides is 1. The van der Waals surface area contributed by atoms with Gasteiger partial charge in [0, 0.05) is 42.0 Å². The van der Waals surface area contributed by atoms with Gasteiger partial charge in [0.2, 0.25) is 0 Å². The normalized spacial score (nSPS) is 14.3. The second-order valence-corrected chi connectivity index (χ2v) is 11.2. The fraction of sp³-hybridized carbons (Fsp3) is 0.286. The van der Waals surface area contributed by atoms with Gasteiger partial charge < -0.3 is 20.1 Å². The number of rotatable bonds is 4.